The van der Waals surface area contributed by atoms with Crippen molar-refractivity contribution in [2.45, 2.75) is 0 Å². The average Bonchev–Trinajstić information content (AvgIpc) is 3.24. The summed E-state index contributed by atoms with van der Waals surface area (Å²) in [7, 11) is 0. The van der Waals surface area contributed by atoms with Gasteiger partial charge in [0.15, 0.2) is 5.17 Å². The van der Waals surface area contributed by atoms with Gasteiger partial charge in [0.25, 0.3) is 5.91 Å². The molecule has 1 fully saturated rings. The monoisotopic (exact) mass is 396 g/mol. The van der Waals surface area contributed by atoms with E-state index in [0.29, 0.717) is 32.3 Å². The highest BCUT2D eigenvalue weighted by Gasteiger charge is 2.24. The molecule has 0 spiro atoms. The summed E-state index contributed by atoms with van der Waals surface area (Å²) in [5, 5.41) is 13.1. The number of rotatable bonds is 3. The Bertz CT molecular complexity index is 1070. The number of benzene rings is 2. The highest BCUT2D eigenvalue weighted by molar-refractivity contribution is 8.18. The smallest absolute Gasteiger partial charge is 0.264 e. The number of furan rings is 1. The van der Waals surface area contributed by atoms with Gasteiger partial charge in [-0.25, -0.2) is 4.99 Å². The van der Waals surface area contributed by atoms with Crippen LogP contribution < -0.4 is 5.32 Å². The molecule has 0 unspecified atom stereocenters. The van der Waals surface area contributed by atoms with Gasteiger partial charge in [0.2, 0.25) is 0 Å². The number of aliphatic imine (C=N–C) groups is 1. The summed E-state index contributed by atoms with van der Waals surface area (Å²) in [6.45, 7) is 0. The molecule has 1 saturated heterocycles. The number of carbonyl (C=O) groups is 1. The summed E-state index contributed by atoms with van der Waals surface area (Å²) in [4.78, 5) is 17.0. The van der Waals surface area contributed by atoms with Crippen LogP contribution in [0, 0.1) is 0 Å². The van der Waals surface area contributed by atoms with Crippen LogP contribution >= 0.6 is 23.4 Å². The number of nitrogens with one attached hydrogen (secondary N) is 1. The first-order valence-corrected chi connectivity index (χ1v) is 9.21. The van der Waals surface area contributed by atoms with Crippen molar-refractivity contribution in [2.75, 3.05) is 0 Å². The molecule has 27 heavy (non-hydrogen) atoms. The van der Waals surface area contributed by atoms with Crippen molar-refractivity contribution in [3.63, 3.8) is 0 Å². The van der Waals surface area contributed by atoms with E-state index in [0.717, 1.165) is 5.56 Å². The van der Waals surface area contributed by atoms with Gasteiger partial charge >= 0.3 is 0 Å². The largest absolute Gasteiger partial charge is 0.508 e. The van der Waals surface area contributed by atoms with Gasteiger partial charge in [0.05, 0.1) is 10.6 Å². The number of amides is 1. The summed E-state index contributed by atoms with van der Waals surface area (Å²) < 4.78 is 5.81. The minimum atomic E-state index is -0.238. The Morgan fingerprint density at radius 3 is 2.70 bits per heavy atom. The Morgan fingerprint density at radius 2 is 1.93 bits per heavy atom. The first kappa shape index (κ1) is 17.5. The minimum Gasteiger partial charge on any atom is -0.508 e. The van der Waals surface area contributed by atoms with Gasteiger partial charge in [-0.3, -0.25) is 4.79 Å². The van der Waals surface area contributed by atoms with E-state index in [4.69, 9.17) is 16.0 Å². The molecule has 2 heterocycles. The highest BCUT2D eigenvalue weighted by Crippen LogP contribution is 2.30. The first-order chi connectivity index (χ1) is 13.1. The number of phenolic OH excluding ortho intramolecular Hbond substituents is 1. The molecule has 1 aromatic heterocycles. The molecule has 0 radical (unpaired) electrons. The zero-order valence-electron chi connectivity index (χ0n) is 13.8. The maximum atomic E-state index is 12.2. The van der Waals surface area contributed by atoms with Crippen LogP contribution in [0.15, 0.2) is 75.0 Å². The zero-order valence-corrected chi connectivity index (χ0v) is 15.4. The Hall–Kier alpha value is -2.96. The van der Waals surface area contributed by atoms with E-state index in [1.54, 1.807) is 30.3 Å². The van der Waals surface area contributed by atoms with Crippen LogP contribution in [0.1, 0.15) is 5.76 Å². The van der Waals surface area contributed by atoms with Crippen LogP contribution in [-0.4, -0.2) is 16.2 Å². The van der Waals surface area contributed by atoms with E-state index in [-0.39, 0.29) is 11.7 Å². The van der Waals surface area contributed by atoms with Crippen LogP contribution in [0.25, 0.3) is 17.4 Å². The summed E-state index contributed by atoms with van der Waals surface area (Å²) in [6, 6.07) is 17.4. The van der Waals surface area contributed by atoms with E-state index in [1.807, 2.05) is 24.3 Å². The normalized spacial score (nSPS) is 16.9. The second kappa shape index (κ2) is 7.34. The molecular weight excluding hydrogens is 384 g/mol. The number of halogens is 1. The SMILES string of the molecule is O=C1NC(=Nc2ccc(O)cc2)SC1=Cc1ccc(-c2cccc(Cl)c2)o1. The van der Waals surface area contributed by atoms with Gasteiger partial charge in [-0.1, -0.05) is 23.7 Å². The van der Waals surface area contributed by atoms with E-state index < -0.39 is 0 Å². The van der Waals surface area contributed by atoms with Crippen molar-refractivity contribution in [1.82, 2.24) is 5.32 Å². The van der Waals surface area contributed by atoms with Gasteiger partial charge in [0, 0.05) is 16.7 Å². The lowest BCUT2D eigenvalue weighted by Crippen LogP contribution is -2.19. The molecular formula is C20H13ClN2O3S. The molecule has 5 nitrogen and oxygen atoms in total. The topological polar surface area (TPSA) is 74.8 Å². The molecule has 7 heteroatoms. The van der Waals surface area contributed by atoms with Crippen molar-refractivity contribution < 1.29 is 14.3 Å². The number of phenols is 1. The second-order valence-corrected chi connectivity index (χ2v) is 7.18. The lowest BCUT2D eigenvalue weighted by atomic mass is 10.2. The molecule has 1 aliphatic heterocycles. The van der Waals surface area contributed by atoms with Crippen LogP contribution in [0.5, 0.6) is 5.75 Å². The van der Waals surface area contributed by atoms with Gasteiger partial charge in [-0.2, -0.15) is 0 Å². The number of thioether (sulfide) groups is 1. The number of hydrogen-bond acceptors (Lipinski definition) is 5. The summed E-state index contributed by atoms with van der Waals surface area (Å²) in [5.41, 5.74) is 1.50. The maximum Gasteiger partial charge on any atom is 0.264 e. The summed E-state index contributed by atoms with van der Waals surface area (Å²) in [5.74, 6) is 1.16. The second-order valence-electron chi connectivity index (χ2n) is 5.71. The molecule has 2 aromatic carbocycles. The van der Waals surface area contributed by atoms with Crippen molar-refractivity contribution in [3.8, 4) is 17.1 Å². The summed E-state index contributed by atoms with van der Waals surface area (Å²) >= 11 is 7.24. The third kappa shape index (κ3) is 4.07. The molecule has 0 atom stereocenters. The summed E-state index contributed by atoms with van der Waals surface area (Å²) in [6.07, 6.45) is 1.67. The lowest BCUT2D eigenvalue weighted by Gasteiger charge is -1.97. The molecule has 1 amide bonds. The lowest BCUT2D eigenvalue weighted by molar-refractivity contribution is -0.115. The molecule has 2 N–H and O–H groups in total. The number of aromatic hydroxyl groups is 1. The molecule has 0 aliphatic carbocycles. The molecule has 134 valence electrons. The van der Waals surface area contributed by atoms with Gasteiger partial charge in [-0.15, -0.1) is 0 Å². The third-order valence-corrected chi connectivity index (χ3v) is 4.89. The van der Waals surface area contributed by atoms with Crippen LogP contribution in [0.4, 0.5) is 5.69 Å². The van der Waals surface area contributed by atoms with Gasteiger partial charge in [0.1, 0.15) is 17.3 Å². The predicted octanol–water partition coefficient (Wildman–Crippen LogP) is 5.20. The Balaban J connectivity index is 1.54. The first-order valence-electron chi connectivity index (χ1n) is 8.01. The van der Waals surface area contributed by atoms with Crippen molar-refractivity contribution in [2.24, 2.45) is 4.99 Å². The van der Waals surface area contributed by atoms with Crippen LogP contribution in [0.2, 0.25) is 5.02 Å². The average molecular weight is 397 g/mol. The molecule has 3 aromatic rings. The van der Waals surface area contributed by atoms with Crippen molar-refractivity contribution in [1.29, 1.82) is 0 Å². The minimum absolute atomic E-state index is 0.163. The number of carbonyl (C=O) groups excluding carboxylic acids is 1. The fourth-order valence-electron chi connectivity index (χ4n) is 2.48. The van der Waals surface area contributed by atoms with Crippen LogP contribution in [-0.2, 0) is 4.79 Å². The fraction of sp³-hybridized carbons (Fsp3) is 0. The molecule has 0 bridgehead atoms. The van der Waals surface area contributed by atoms with E-state index in [1.165, 1.54) is 23.9 Å². The predicted molar refractivity (Wildman–Crippen MR) is 108 cm³/mol. The standard InChI is InChI=1S/C20H13ClN2O3S/c21-13-3-1-2-12(10-13)17-9-8-16(26-17)11-18-19(25)23-20(27-18)22-14-4-6-15(24)7-5-14/h1-11,24H,(H,22,23,25). The Kier molecular flexibility index (Phi) is 4.75. The quantitative estimate of drug-likeness (QED) is 0.597. The van der Waals surface area contributed by atoms with E-state index >= 15 is 0 Å². The molecule has 0 saturated carbocycles. The van der Waals surface area contributed by atoms with Crippen molar-refractivity contribution in [3.05, 3.63) is 76.4 Å². The number of hydrogen-bond donors (Lipinski definition) is 2. The fourth-order valence-corrected chi connectivity index (χ4v) is 3.49. The highest BCUT2D eigenvalue weighted by atomic mass is 35.5. The zero-order chi connectivity index (χ0) is 18.8. The van der Waals surface area contributed by atoms with Crippen LogP contribution in [0.3, 0.4) is 0 Å². The Labute approximate surface area is 164 Å². The number of nitrogens with zero attached hydrogens (tertiary/aromatic N) is 1. The van der Waals surface area contributed by atoms with Crippen molar-refractivity contribution >= 4 is 46.2 Å². The molecule has 4 rings (SSSR count). The Morgan fingerprint density at radius 1 is 1.11 bits per heavy atom. The van der Waals surface area contributed by atoms with E-state index in [9.17, 15) is 9.90 Å². The van der Waals surface area contributed by atoms with Gasteiger partial charge in [-0.05, 0) is 60.3 Å². The molecule has 1 aliphatic rings. The number of amidine groups is 1. The third-order valence-electron chi connectivity index (χ3n) is 3.74. The van der Waals surface area contributed by atoms with Gasteiger partial charge < -0.3 is 14.8 Å². The van der Waals surface area contributed by atoms with E-state index in [2.05, 4.69) is 10.3 Å². The maximum absolute atomic E-state index is 12.2.